The average Bonchev–Trinajstić information content (AvgIpc) is 3.12. The molecule has 3 rings (SSSR count). The number of hydrogen-bond acceptors (Lipinski definition) is 3. The molecule has 1 amide bonds. The lowest BCUT2D eigenvalue weighted by Gasteiger charge is -2.27. The van der Waals surface area contributed by atoms with Crippen LogP contribution in [0.25, 0.3) is 11.0 Å². The second kappa shape index (κ2) is 6.20. The molecule has 5 nitrogen and oxygen atoms in total. The molecule has 0 spiro atoms. The molecule has 1 aromatic heterocycles. The third-order valence-corrected chi connectivity index (χ3v) is 5.00. The van der Waals surface area contributed by atoms with Gasteiger partial charge in [0.2, 0.25) is 5.91 Å². The first kappa shape index (κ1) is 16.4. The minimum Gasteiger partial charge on any atom is -0.340 e. The molecule has 1 saturated heterocycles. The van der Waals surface area contributed by atoms with Crippen molar-refractivity contribution < 1.29 is 9.18 Å². The summed E-state index contributed by atoms with van der Waals surface area (Å²) in [6.45, 7) is 4.56. The number of benzene rings is 1. The summed E-state index contributed by atoms with van der Waals surface area (Å²) in [6.07, 6.45) is 1.75. The van der Waals surface area contributed by atoms with Crippen LogP contribution >= 0.6 is 15.9 Å². The molecule has 0 unspecified atom stereocenters. The molecule has 1 aromatic carbocycles. The van der Waals surface area contributed by atoms with Gasteiger partial charge in [0, 0.05) is 12.6 Å². The lowest BCUT2D eigenvalue weighted by atomic mass is 10.0. The number of hydrogen-bond donors (Lipinski definition) is 2. The van der Waals surface area contributed by atoms with Crippen molar-refractivity contribution in [3.05, 3.63) is 28.2 Å². The van der Waals surface area contributed by atoms with Crippen molar-refractivity contribution >= 4 is 32.9 Å². The van der Waals surface area contributed by atoms with Crippen molar-refractivity contribution in [1.82, 2.24) is 14.9 Å². The number of fused-ring (bicyclic) bond motifs is 1. The molecular weight excluding hydrogens is 363 g/mol. The number of H-pyrrole nitrogens is 1. The Morgan fingerprint density at radius 3 is 2.96 bits per heavy atom. The first-order valence-corrected chi connectivity index (χ1v) is 8.58. The molecule has 7 heteroatoms. The monoisotopic (exact) mass is 382 g/mol. The predicted octanol–water partition coefficient (Wildman–Crippen LogP) is 3.11. The number of rotatable bonds is 3. The Morgan fingerprint density at radius 1 is 1.52 bits per heavy atom. The summed E-state index contributed by atoms with van der Waals surface area (Å²) in [6, 6.07) is 2.43. The van der Waals surface area contributed by atoms with Gasteiger partial charge in [-0.15, -0.1) is 0 Å². The summed E-state index contributed by atoms with van der Waals surface area (Å²) in [5, 5.41) is 0. The second-order valence-electron chi connectivity index (χ2n) is 6.36. The van der Waals surface area contributed by atoms with Gasteiger partial charge in [-0.3, -0.25) is 4.79 Å². The molecule has 1 fully saturated rings. The summed E-state index contributed by atoms with van der Waals surface area (Å²) in [5.41, 5.74) is 7.33. The Bertz CT molecular complexity index is 706. The third-order valence-electron chi connectivity index (χ3n) is 4.40. The molecule has 3 N–H and O–H groups in total. The fourth-order valence-corrected chi connectivity index (χ4v) is 3.31. The highest BCUT2D eigenvalue weighted by atomic mass is 79.9. The van der Waals surface area contributed by atoms with E-state index in [-0.39, 0.29) is 23.7 Å². The molecule has 2 heterocycles. The van der Waals surface area contributed by atoms with Crippen LogP contribution in [0.4, 0.5) is 4.39 Å². The Balaban J connectivity index is 1.92. The van der Waals surface area contributed by atoms with Crippen LogP contribution in [-0.2, 0) is 4.79 Å². The number of nitrogens with two attached hydrogens (primary N) is 1. The first-order valence-electron chi connectivity index (χ1n) is 7.79. The Labute approximate surface area is 142 Å². The molecular formula is C16H20BrFN4O. The standard InChI is InChI=1S/C16H20BrFN4O/c1-8(2)14(19)16(23)22-5-3-4-13(22)15-20-11-6-9(17)10(18)7-12(11)21-15/h6-8,13-14H,3-5,19H2,1-2H3,(H,20,21)/t13-,14-/m0/s1. The summed E-state index contributed by atoms with van der Waals surface area (Å²) in [7, 11) is 0. The smallest absolute Gasteiger partial charge is 0.240 e. The van der Waals surface area contributed by atoms with Crippen LogP contribution in [0, 0.1) is 11.7 Å². The van der Waals surface area contributed by atoms with Gasteiger partial charge in [0.15, 0.2) is 0 Å². The molecule has 0 bridgehead atoms. The zero-order chi connectivity index (χ0) is 16.7. The normalized spacial score (nSPS) is 19.7. The average molecular weight is 383 g/mol. The maximum absolute atomic E-state index is 13.7. The van der Waals surface area contributed by atoms with Crippen LogP contribution in [0.2, 0.25) is 0 Å². The SMILES string of the molecule is CC(C)[C@H](N)C(=O)N1CCC[C@H]1c1nc2cc(Br)c(F)cc2[nH]1. The molecule has 1 aliphatic heterocycles. The Hall–Kier alpha value is -1.47. The lowest BCUT2D eigenvalue weighted by molar-refractivity contribution is -0.134. The van der Waals surface area contributed by atoms with Crippen molar-refractivity contribution in [3.8, 4) is 0 Å². The van der Waals surface area contributed by atoms with Gasteiger partial charge in [-0.05, 0) is 40.8 Å². The third kappa shape index (κ3) is 2.99. The lowest BCUT2D eigenvalue weighted by Crippen LogP contribution is -2.46. The topological polar surface area (TPSA) is 75.0 Å². The van der Waals surface area contributed by atoms with Gasteiger partial charge in [-0.2, -0.15) is 0 Å². The van der Waals surface area contributed by atoms with Gasteiger partial charge in [0.1, 0.15) is 11.6 Å². The van der Waals surface area contributed by atoms with E-state index in [0.29, 0.717) is 27.9 Å². The van der Waals surface area contributed by atoms with Crippen LogP contribution in [-0.4, -0.2) is 33.4 Å². The van der Waals surface area contributed by atoms with Crippen LogP contribution in [0.3, 0.4) is 0 Å². The Morgan fingerprint density at radius 2 is 2.26 bits per heavy atom. The number of nitrogens with one attached hydrogen (secondary N) is 1. The molecule has 124 valence electrons. The zero-order valence-electron chi connectivity index (χ0n) is 13.1. The van der Waals surface area contributed by atoms with E-state index < -0.39 is 6.04 Å². The molecule has 2 aromatic rings. The van der Waals surface area contributed by atoms with Crippen LogP contribution in [0.15, 0.2) is 16.6 Å². The first-order chi connectivity index (χ1) is 10.9. The number of carbonyl (C=O) groups excluding carboxylic acids is 1. The number of likely N-dealkylation sites (tertiary alicyclic amines) is 1. The summed E-state index contributed by atoms with van der Waals surface area (Å²) >= 11 is 3.17. The van der Waals surface area contributed by atoms with Gasteiger partial charge >= 0.3 is 0 Å². The fourth-order valence-electron chi connectivity index (χ4n) is 2.97. The minimum absolute atomic E-state index is 0.0460. The van der Waals surface area contributed by atoms with Crippen molar-refractivity contribution in [3.63, 3.8) is 0 Å². The molecule has 2 atom stereocenters. The highest BCUT2D eigenvalue weighted by Gasteiger charge is 2.35. The quantitative estimate of drug-likeness (QED) is 0.855. The zero-order valence-corrected chi connectivity index (χ0v) is 14.7. The van der Waals surface area contributed by atoms with E-state index in [2.05, 4.69) is 25.9 Å². The van der Waals surface area contributed by atoms with E-state index in [1.807, 2.05) is 13.8 Å². The van der Waals surface area contributed by atoms with E-state index in [1.165, 1.54) is 6.07 Å². The fraction of sp³-hybridized carbons (Fsp3) is 0.500. The van der Waals surface area contributed by atoms with E-state index in [1.54, 1.807) is 11.0 Å². The molecule has 0 radical (unpaired) electrons. The molecule has 0 aliphatic carbocycles. The number of carbonyl (C=O) groups is 1. The molecule has 1 aliphatic rings. The van der Waals surface area contributed by atoms with E-state index in [0.717, 1.165) is 12.8 Å². The molecule has 0 saturated carbocycles. The number of amides is 1. The van der Waals surface area contributed by atoms with Gasteiger partial charge in [-0.1, -0.05) is 13.8 Å². The highest BCUT2D eigenvalue weighted by Crippen LogP contribution is 2.33. The predicted molar refractivity (Wildman–Crippen MR) is 90.3 cm³/mol. The number of nitrogens with zero attached hydrogens (tertiary/aromatic N) is 2. The van der Waals surface area contributed by atoms with Crippen molar-refractivity contribution in [2.24, 2.45) is 11.7 Å². The van der Waals surface area contributed by atoms with Crippen molar-refractivity contribution in [2.75, 3.05) is 6.54 Å². The number of halogens is 2. The second-order valence-corrected chi connectivity index (χ2v) is 7.22. The largest absolute Gasteiger partial charge is 0.340 e. The number of aromatic amines is 1. The van der Waals surface area contributed by atoms with Gasteiger partial charge in [0.25, 0.3) is 0 Å². The summed E-state index contributed by atoms with van der Waals surface area (Å²) in [5.74, 6) is 0.396. The van der Waals surface area contributed by atoms with Crippen molar-refractivity contribution in [2.45, 2.75) is 38.8 Å². The van der Waals surface area contributed by atoms with Crippen molar-refractivity contribution in [1.29, 1.82) is 0 Å². The van der Waals surface area contributed by atoms with Gasteiger partial charge in [-0.25, -0.2) is 9.37 Å². The number of imidazole rings is 1. The summed E-state index contributed by atoms with van der Waals surface area (Å²) < 4.78 is 14.0. The Kier molecular flexibility index (Phi) is 4.42. The van der Waals surface area contributed by atoms with Crippen LogP contribution in [0.5, 0.6) is 0 Å². The van der Waals surface area contributed by atoms with E-state index in [9.17, 15) is 9.18 Å². The van der Waals surface area contributed by atoms with Crippen LogP contribution in [0.1, 0.15) is 38.6 Å². The summed E-state index contributed by atoms with van der Waals surface area (Å²) in [4.78, 5) is 22.1. The van der Waals surface area contributed by atoms with Crippen LogP contribution < -0.4 is 5.73 Å². The van der Waals surface area contributed by atoms with E-state index >= 15 is 0 Å². The molecule has 23 heavy (non-hydrogen) atoms. The minimum atomic E-state index is -0.508. The number of aromatic nitrogens is 2. The van der Waals surface area contributed by atoms with E-state index in [4.69, 9.17) is 5.73 Å². The van der Waals surface area contributed by atoms with Gasteiger partial charge in [0.05, 0.1) is 27.6 Å². The highest BCUT2D eigenvalue weighted by molar-refractivity contribution is 9.10. The van der Waals surface area contributed by atoms with Gasteiger partial charge < -0.3 is 15.6 Å². The maximum Gasteiger partial charge on any atom is 0.240 e. The maximum atomic E-state index is 13.7.